The van der Waals surface area contributed by atoms with Crippen molar-refractivity contribution >= 4 is 82.7 Å². The maximum Gasteiger partial charge on any atom is 0.326 e. The second-order valence-electron chi connectivity index (χ2n) is 15.7. The molecule has 0 radical (unpaired) electrons. The van der Waals surface area contributed by atoms with Crippen molar-refractivity contribution in [3.8, 4) is 0 Å². The van der Waals surface area contributed by atoms with Crippen LogP contribution >= 0.6 is 47.0 Å². The van der Waals surface area contributed by atoms with E-state index in [1.54, 1.807) is 74.7 Å². The molecular formula is C44H60N4O10S4. The Morgan fingerprint density at radius 2 is 0.968 bits per heavy atom. The van der Waals surface area contributed by atoms with Crippen molar-refractivity contribution in [3.05, 3.63) is 71.8 Å². The van der Waals surface area contributed by atoms with E-state index in [1.165, 1.54) is 9.80 Å². The van der Waals surface area contributed by atoms with Crippen LogP contribution in [0.4, 0.5) is 0 Å². The average Bonchev–Trinajstić information content (AvgIpc) is 4.09. The van der Waals surface area contributed by atoms with Crippen LogP contribution in [0.2, 0.25) is 0 Å². The van der Waals surface area contributed by atoms with Gasteiger partial charge in [-0.15, -0.1) is 47.0 Å². The first kappa shape index (κ1) is 49.6. The van der Waals surface area contributed by atoms with Crippen LogP contribution in [-0.2, 0) is 51.1 Å². The molecule has 14 nitrogen and oxygen atoms in total. The van der Waals surface area contributed by atoms with Crippen LogP contribution in [0.15, 0.2) is 60.7 Å². The van der Waals surface area contributed by atoms with E-state index < -0.39 is 60.1 Å². The predicted octanol–water partition coefficient (Wildman–Crippen LogP) is 4.78. The van der Waals surface area contributed by atoms with Crippen LogP contribution in [0.1, 0.15) is 64.5 Å². The van der Waals surface area contributed by atoms with Crippen molar-refractivity contribution < 1.29 is 48.5 Å². The van der Waals surface area contributed by atoms with Gasteiger partial charge >= 0.3 is 23.9 Å². The lowest BCUT2D eigenvalue weighted by molar-refractivity contribution is -0.150. The van der Waals surface area contributed by atoms with Gasteiger partial charge in [0.2, 0.25) is 11.8 Å². The summed E-state index contributed by atoms with van der Waals surface area (Å²) in [6, 6.07) is 15.3. The number of nitrogens with zero attached hydrogens (tertiary/aromatic N) is 2. The van der Waals surface area contributed by atoms with E-state index in [2.05, 4.69) is 10.6 Å². The van der Waals surface area contributed by atoms with E-state index in [0.29, 0.717) is 51.6 Å². The van der Waals surface area contributed by atoms with Crippen LogP contribution in [-0.4, -0.2) is 149 Å². The number of likely N-dealkylation sites (tertiary alicyclic amines) is 2. The van der Waals surface area contributed by atoms with Crippen molar-refractivity contribution in [1.82, 2.24) is 20.4 Å². The van der Waals surface area contributed by atoms with Crippen LogP contribution in [0, 0.1) is 0 Å². The topological polar surface area (TPSA) is 192 Å². The Morgan fingerprint density at radius 1 is 0.629 bits per heavy atom. The first-order valence-corrected chi connectivity index (χ1v) is 25.2. The molecule has 4 heterocycles. The third-order valence-electron chi connectivity index (χ3n) is 11.3. The Kier molecular flexibility index (Phi) is 18.8. The highest BCUT2D eigenvalue weighted by atomic mass is 32.2. The number of nitrogens with one attached hydrogen (secondary N) is 2. The van der Waals surface area contributed by atoms with Crippen molar-refractivity contribution in [2.24, 2.45) is 0 Å². The highest BCUT2D eigenvalue weighted by Crippen LogP contribution is 2.53. The molecule has 6 atom stereocenters. The van der Waals surface area contributed by atoms with E-state index in [-0.39, 0.29) is 33.2 Å². The maximum atomic E-state index is 13.2. The molecule has 0 saturated carbocycles. The molecule has 0 aromatic heterocycles. The van der Waals surface area contributed by atoms with Crippen molar-refractivity contribution in [2.75, 3.05) is 49.3 Å². The number of esters is 2. The quantitative estimate of drug-likeness (QED) is 0.149. The van der Waals surface area contributed by atoms with Gasteiger partial charge in [0.1, 0.15) is 24.2 Å². The number of rotatable bonds is 18. The fraction of sp³-hybridized carbons (Fsp3) is 0.591. The van der Waals surface area contributed by atoms with Gasteiger partial charge in [0.15, 0.2) is 0 Å². The molecule has 62 heavy (non-hydrogen) atoms. The number of aliphatic carboxylic acids is 2. The molecule has 2 aromatic rings. The fourth-order valence-corrected chi connectivity index (χ4v) is 14.7. The Morgan fingerprint density at radius 3 is 1.27 bits per heavy atom. The zero-order chi connectivity index (χ0) is 44.9. The van der Waals surface area contributed by atoms with Crippen LogP contribution < -0.4 is 10.6 Å². The Balaban J connectivity index is 0.000000234. The molecule has 340 valence electrons. The lowest BCUT2D eigenvalue weighted by Gasteiger charge is -2.28. The summed E-state index contributed by atoms with van der Waals surface area (Å²) in [4.78, 5) is 78.1. The number of carbonyl (C=O) groups is 6. The lowest BCUT2D eigenvalue weighted by Crippen LogP contribution is -2.53. The zero-order valence-corrected chi connectivity index (χ0v) is 39.1. The van der Waals surface area contributed by atoms with Gasteiger partial charge in [-0.3, -0.25) is 29.8 Å². The summed E-state index contributed by atoms with van der Waals surface area (Å²) in [5.74, 6) is 0.564. The fourth-order valence-electron chi connectivity index (χ4n) is 8.17. The summed E-state index contributed by atoms with van der Waals surface area (Å²) in [6.45, 7) is 8.23. The average molecular weight is 933 g/mol. The van der Waals surface area contributed by atoms with E-state index in [0.717, 1.165) is 34.1 Å². The van der Waals surface area contributed by atoms with Crippen LogP contribution in [0.5, 0.6) is 0 Å². The maximum absolute atomic E-state index is 13.2. The minimum atomic E-state index is -0.975. The van der Waals surface area contributed by atoms with Crippen LogP contribution in [0.3, 0.4) is 0 Å². The normalized spacial score (nSPS) is 21.7. The molecular weight excluding hydrogens is 873 g/mol. The molecule has 0 bridgehead atoms. The third kappa shape index (κ3) is 13.3. The number of hydrogen-bond donors (Lipinski definition) is 4. The summed E-state index contributed by atoms with van der Waals surface area (Å²) in [5, 5.41) is 25.6. The van der Waals surface area contributed by atoms with Gasteiger partial charge in [0.25, 0.3) is 0 Å². The van der Waals surface area contributed by atoms with Gasteiger partial charge in [-0.2, -0.15) is 0 Å². The molecule has 2 aromatic carbocycles. The van der Waals surface area contributed by atoms with E-state index >= 15 is 0 Å². The van der Waals surface area contributed by atoms with Gasteiger partial charge in [0.05, 0.1) is 33.5 Å². The summed E-state index contributed by atoms with van der Waals surface area (Å²) >= 11 is 6.99. The van der Waals surface area contributed by atoms with Gasteiger partial charge in [-0.25, -0.2) is 9.59 Å². The number of ether oxygens (including phenoxy) is 2. The van der Waals surface area contributed by atoms with Crippen molar-refractivity contribution in [3.63, 3.8) is 0 Å². The Labute approximate surface area is 381 Å². The summed E-state index contributed by atoms with van der Waals surface area (Å²) in [6.07, 6.45) is 3.19. The Bertz CT molecular complexity index is 1700. The van der Waals surface area contributed by atoms with Crippen molar-refractivity contribution in [2.45, 2.75) is 111 Å². The standard InChI is InChI=1S/2C22H30N2O5S2/c2*1-3-29-21(28)17(10-9-16-7-5-4-6-8-16)23-15(2)19(25)24-14-22(30-11-12-31-22)13-18(24)20(26)27/h2*4-8,15,17-18,23H,3,9-14H2,1-2H3,(H,26,27)/t2*15-,17-,18-/m00/s1. The summed E-state index contributed by atoms with van der Waals surface area (Å²) in [5.41, 5.74) is 2.19. The number of hydrogen-bond acceptors (Lipinski definition) is 14. The highest BCUT2D eigenvalue weighted by Gasteiger charge is 2.53. The minimum absolute atomic E-state index is 0.230. The largest absolute Gasteiger partial charge is 0.480 e. The molecule has 4 fully saturated rings. The number of benzene rings is 2. The third-order valence-corrected chi connectivity index (χ3v) is 18.1. The first-order chi connectivity index (χ1) is 29.7. The first-order valence-electron chi connectivity index (χ1n) is 21.3. The van der Waals surface area contributed by atoms with Crippen molar-refractivity contribution in [1.29, 1.82) is 0 Å². The predicted molar refractivity (Wildman–Crippen MR) is 246 cm³/mol. The minimum Gasteiger partial charge on any atom is -0.480 e. The molecule has 4 aliphatic heterocycles. The molecule has 6 rings (SSSR count). The number of aryl methyl sites for hydroxylation is 2. The number of thioether (sulfide) groups is 4. The molecule has 2 amide bonds. The summed E-state index contributed by atoms with van der Waals surface area (Å²) in [7, 11) is 0. The number of carboxylic acids is 2. The zero-order valence-electron chi connectivity index (χ0n) is 35.8. The monoisotopic (exact) mass is 932 g/mol. The molecule has 2 spiro atoms. The number of amides is 2. The molecule has 0 aliphatic carbocycles. The second kappa shape index (κ2) is 23.5. The lowest BCUT2D eigenvalue weighted by atomic mass is 10.0. The molecule has 4 N–H and O–H groups in total. The molecule has 4 aliphatic rings. The highest BCUT2D eigenvalue weighted by molar-refractivity contribution is 8.21. The van der Waals surface area contributed by atoms with Gasteiger partial charge in [0, 0.05) is 48.9 Å². The van der Waals surface area contributed by atoms with Gasteiger partial charge < -0.3 is 29.5 Å². The van der Waals surface area contributed by atoms with Gasteiger partial charge in [-0.1, -0.05) is 60.7 Å². The van der Waals surface area contributed by atoms with Crippen LogP contribution in [0.25, 0.3) is 0 Å². The van der Waals surface area contributed by atoms with E-state index in [9.17, 15) is 39.0 Å². The Hall–Kier alpha value is -3.42. The molecule has 4 saturated heterocycles. The van der Waals surface area contributed by atoms with E-state index in [1.807, 2.05) is 60.7 Å². The molecule has 18 heteroatoms. The molecule has 0 unspecified atom stereocenters. The van der Waals surface area contributed by atoms with Gasteiger partial charge in [-0.05, 0) is 64.5 Å². The van der Waals surface area contributed by atoms with E-state index in [4.69, 9.17) is 9.47 Å². The number of carboxylic acid groups (broad SMARTS) is 2. The smallest absolute Gasteiger partial charge is 0.326 e. The second-order valence-corrected chi connectivity index (χ2v) is 22.1. The summed E-state index contributed by atoms with van der Waals surface area (Å²) < 4.78 is 9.95. The number of carbonyl (C=O) groups excluding carboxylic acids is 4. The SMILES string of the molecule is CCOC(=O)[C@H](CCc1ccccc1)N[C@@H](C)C(=O)N1CC2(C[C@H]1C(=O)O)SCCS2.CCOC(=O)[C@H](CCc1ccccc1)N[C@@H](C)C(=O)N1CC2(C[C@H]1C(=O)O)SCCS2.